The zero-order chi connectivity index (χ0) is 13.3. The van der Waals surface area contributed by atoms with Crippen molar-refractivity contribution >= 4 is 30.4 Å². The third-order valence-electron chi connectivity index (χ3n) is 3.62. The van der Waals surface area contributed by atoms with Crippen molar-refractivity contribution in [1.29, 1.82) is 0 Å². The fraction of sp³-hybridized carbons (Fsp3) is 1.00. The fourth-order valence-electron chi connectivity index (χ4n) is 2.43. The van der Waals surface area contributed by atoms with Crippen LogP contribution in [0, 0.1) is 0 Å². The number of alkyl halides is 2. The minimum absolute atomic E-state index is 0.0464. The number of ether oxygens (including phenoxy) is 2. The maximum Gasteiger partial charge on any atom is 0.300 e. The highest BCUT2D eigenvalue weighted by Crippen LogP contribution is 2.46. The van der Waals surface area contributed by atoms with Gasteiger partial charge >= 0.3 is 0 Å². The Morgan fingerprint density at radius 2 is 1.78 bits per heavy atom. The van der Waals surface area contributed by atoms with Gasteiger partial charge in [0.2, 0.25) is 0 Å². The van der Waals surface area contributed by atoms with Crippen LogP contribution in [0.25, 0.3) is 0 Å². The minimum atomic E-state index is -3.26. The molecule has 1 aliphatic carbocycles. The van der Waals surface area contributed by atoms with Crippen LogP contribution in [-0.4, -0.2) is 42.2 Å². The molecule has 1 saturated heterocycles. The molecule has 2 aliphatic rings. The molecule has 0 amide bonds. The van der Waals surface area contributed by atoms with E-state index in [1.165, 1.54) is 0 Å². The molecule has 0 unspecified atom stereocenters. The second kappa shape index (κ2) is 5.65. The molecule has 2 rings (SSSR count). The van der Waals surface area contributed by atoms with E-state index in [1.807, 2.05) is 0 Å². The van der Waals surface area contributed by atoms with Crippen LogP contribution in [0.2, 0.25) is 0 Å². The summed E-state index contributed by atoms with van der Waals surface area (Å²) in [5.74, 6) is -4.01. The van der Waals surface area contributed by atoms with Gasteiger partial charge in [-0.05, 0) is 12.8 Å². The fourth-order valence-corrected chi connectivity index (χ4v) is 3.00. The molecule has 0 aromatic heterocycles. The molecule has 1 spiro atoms. The molecule has 0 aromatic carbocycles. The second-order valence-corrected chi connectivity index (χ2v) is 6.11. The van der Waals surface area contributed by atoms with Gasteiger partial charge in [0.1, 0.15) is 12.2 Å². The summed E-state index contributed by atoms with van der Waals surface area (Å²) in [7, 11) is 0.840. The van der Waals surface area contributed by atoms with Crippen molar-refractivity contribution < 1.29 is 27.5 Å². The molecule has 18 heavy (non-hydrogen) atoms. The lowest BCUT2D eigenvalue weighted by Gasteiger charge is -2.43. The molecule has 1 aliphatic heterocycles. The standard InChI is InChI=1S/C10H15F2IO4S/c11-10(12,7-17-18-13)8(14)1-3-9(4-2-8)15-5-6-16-9/h14H,1-7H2. The number of halogens is 3. The zero-order valence-corrected chi connectivity index (χ0v) is 12.6. The lowest BCUT2D eigenvalue weighted by molar-refractivity contribution is -0.255. The molecule has 1 saturated carbocycles. The average Bonchev–Trinajstić information content (AvgIpc) is 2.80. The molecular weight excluding hydrogens is 381 g/mol. The smallest absolute Gasteiger partial charge is 0.300 e. The molecule has 4 nitrogen and oxygen atoms in total. The summed E-state index contributed by atoms with van der Waals surface area (Å²) in [6.45, 7) is 0.193. The molecule has 0 bridgehead atoms. The third-order valence-corrected chi connectivity index (χ3v) is 4.59. The van der Waals surface area contributed by atoms with Gasteiger partial charge in [0.05, 0.1) is 22.4 Å². The normalized spacial score (nSPS) is 26.7. The first-order chi connectivity index (χ1) is 8.43. The van der Waals surface area contributed by atoms with E-state index >= 15 is 0 Å². The Bertz CT molecular complexity index is 290. The van der Waals surface area contributed by atoms with Crippen LogP contribution in [0.15, 0.2) is 0 Å². The van der Waals surface area contributed by atoms with Crippen molar-refractivity contribution in [3.8, 4) is 0 Å². The summed E-state index contributed by atoms with van der Waals surface area (Å²) < 4.78 is 43.3. The van der Waals surface area contributed by atoms with Gasteiger partial charge in [0.15, 0.2) is 5.79 Å². The van der Waals surface area contributed by atoms with Crippen molar-refractivity contribution in [3.05, 3.63) is 0 Å². The van der Waals surface area contributed by atoms with Crippen LogP contribution in [-0.2, 0) is 13.7 Å². The van der Waals surface area contributed by atoms with E-state index in [0.717, 1.165) is 9.21 Å². The van der Waals surface area contributed by atoms with Crippen LogP contribution in [0.5, 0.6) is 0 Å². The highest BCUT2D eigenvalue weighted by Gasteiger charge is 2.57. The SMILES string of the molecule is OC1(C(F)(F)COSI)CCC2(CC1)OCCO2. The van der Waals surface area contributed by atoms with Crippen molar-refractivity contribution in [2.75, 3.05) is 19.8 Å². The Hall–Kier alpha value is 0.780. The summed E-state index contributed by atoms with van der Waals surface area (Å²) in [5.41, 5.74) is -2.03. The predicted molar refractivity (Wildman–Crippen MR) is 70.6 cm³/mol. The first kappa shape index (κ1) is 15.2. The van der Waals surface area contributed by atoms with Gasteiger partial charge in [-0.1, -0.05) is 0 Å². The van der Waals surface area contributed by atoms with Crippen LogP contribution in [0.4, 0.5) is 8.78 Å². The maximum absolute atomic E-state index is 13.9. The van der Waals surface area contributed by atoms with Crippen molar-refractivity contribution in [2.45, 2.75) is 43.0 Å². The Morgan fingerprint density at radius 3 is 2.28 bits per heavy atom. The Kier molecular flexibility index (Phi) is 4.76. The van der Waals surface area contributed by atoms with E-state index in [0.29, 0.717) is 13.2 Å². The van der Waals surface area contributed by atoms with E-state index < -0.39 is 23.9 Å². The predicted octanol–water partition coefficient (Wildman–Crippen LogP) is 2.68. The van der Waals surface area contributed by atoms with Gasteiger partial charge in [-0.3, -0.25) is 4.18 Å². The highest BCUT2D eigenvalue weighted by molar-refractivity contribution is 14.2. The zero-order valence-electron chi connectivity index (χ0n) is 9.66. The molecule has 1 heterocycles. The summed E-state index contributed by atoms with van der Waals surface area (Å²) in [6, 6.07) is 0. The van der Waals surface area contributed by atoms with Gasteiger partial charge < -0.3 is 14.6 Å². The van der Waals surface area contributed by atoms with Crippen molar-refractivity contribution in [1.82, 2.24) is 0 Å². The van der Waals surface area contributed by atoms with E-state index in [-0.39, 0.29) is 25.7 Å². The monoisotopic (exact) mass is 396 g/mol. The minimum Gasteiger partial charge on any atom is -0.384 e. The van der Waals surface area contributed by atoms with E-state index in [9.17, 15) is 13.9 Å². The van der Waals surface area contributed by atoms with Crippen molar-refractivity contribution in [3.63, 3.8) is 0 Å². The first-order valence-corrected chi connectivity index (χ1v) is 9.00. The van der Waals surface area contributed by atoms with E-state index in [2.05, 4.69) is 4.18 Å². The Morgan fingerprint density at radius 1 is 1.22 bits per heavy atom. The number of aliphatic hydroxyl groups is 1. The van der Waals surface area contributed by atoms with Crippen molar-refractivity contribution in [2.24, 2.45) is 0 Å². The number of hydrogen-bond donors (Lipinski definition) is 1. The van der Waals surface area contributed by atoms with Gasteiger partial charge in [-0.2, -0.15) is 0 Å². The molecule has 106 valence electrons. The Balaban J connectivity index is 1.97. The summed E-state index contributed by atoms with van der Waals surface area (Å²) in [4.78, 5) is 0. The topological polar surface area (TPSA) is 47.9 Å². The van der Waals surface area contributed by atoms with E-state index in [1.54, 1.807) is 21.2 Å². The second-order valence-electron chi connectivity index (χ2n) is 4.67. The quantitative estimate of drug-likeness (QED) is 0.585. The molecule has 0 radical (unpaired) electrons. The van der Waals surface area contributed by atoms with Gasteiger partial charge in [0, 0.05) is 34.0 Å². The third kappa shape index (κ3) is 2.93. The highest BCUT2D eigenvalue weighted by atomic mass is 127. The van der Waals surface area contributed by atoms with Crippen LogP contribution < -0.4 is 0 Å². The molecule has 0 aromatic rings. The molecule has 2 fully saturated rings. The summed E-state index contributed by atoms with van der Waals surface area (Å²) >= 11 is 1.77. The first-order valence-electron chi connectivity index (χ1n) is 5.71. The average molecular weight is 396 g/mol. The van der Waals surface area contributed by atoms with Gasteiger partial charge in [-0.25, -0.2) is 8.78 Å². The van der Waals surface area contributed by atoms with Gasteiger partial charge in [-0.15, -0.1) is 0 Å². The molecular formula is C10H15F2IO4S. The molecule has 0 atom stereocenters. The maximum atomic E-state index is 13.9. The largest absolute Gasteiger partial charge is 0.384 e. The molecule has 8 heteroatoms. The lowest BCUT2D eigenvalue weighted by atomic mass is 9.77. The number of hydrogen-bond acceptors (Lipinski definition) is 5. The number of rotatable bonds is 4. The van der Waals surface area contributed by atoms with Gasteiger partial charge in [0.25, 0.3) is 5.92 Å². The molecule has 1 N–H and O–H groups in total. The summed E-state index contributed by atoms with van der Waals surface area (Å²) in [6.07, 6.45) is 0.484. The van der Waals surface area contributed by atoms with Crippen LogP contribution >= 0.6 is 30.4 Å². The Labute approximate surface area is 121 Å². The van der Waals surface area contributed by atoms with Crippen LogP contribution in [0.3, 0.4) is 0 Å². The van der Waals surface area contributed by atoms with Crippen LogP contribution in [0.1, 0.15) is 25.7 Å². The summed E-state index contributed by atoms with van der Waals surface area (Å²) in [5, 5.41) is 10.1. The van der Waals surface area contributed by atoms with E-state index in [4.69, 9.17) is 9.47 Å². The lowest BCUT2D eigenvalue weighted by Crippen LogP contribution is -2.55.